The number of allylic oxidation sites excluding steroid dienone is 3. The van der Waals surface area contributed by atoms with E-state index in [-0.39, 0.29) is 31.5 Å². The summed E-state index contributed by atoms with van der Waals surface area (Å²) in [5, 5.41) is 3.02. The number of hydrogen-bond donors (Lipinski definition) is 1. The summed E-state index contributed by atoms with van der Waals surface area (Å²) in [5.74, 6) is -0.542. The zero-order valence-corrected chi connectivity index (χ0v) is 51.7. The van der Waals surface area contributed by atoms with Gasteiger partial charge < -0.3 is 28.5 Å². The van der Waals surface area contributed by atoms with E-state index in [0.29, 0.717) is 17.4 Å². The zero-order valence-electron chi connectivity index (χ0n) is 50.8. The van der Waals surface area contributed by atoms with E-state index in [1.54, 1.807) is 0 Å². The normalized spacial score (nSPS) is 13.7. The van der Waals surface area contributed by atoms with Crippen LogP contribution in [0.1, 0.15) is 329 Å². The van der Waals surface area contributed by atoms with Crippen molar-refractivity contribution in [3.63, 3.8) is 0 Å². The topological polar surface area (TPSA) is 114 Å². The molecule has 9 nitrogen and oxygen atoms in total. The van der Waals surface area contributed by atoms with Crippen molar-refractivity contribution in [1.29, 1.82) is 0 Å². The first-order valence-electron chi connectivity index (χ1n) is 32.6. The number of carbonyl (C=O) groups is 2. The Labute approximate surface area is 466 Å². The van der Waals surface area contributed by atoms with Gasteiger partial charge in [-0.05, 0) is 57.4 Å². The standard InChI is InChI=1S/C65H127N2O7P/c1-7-10-13-16-19-22-25-28-30-31-32-33-34-35-36-37-38-40-43-46-49-52-55-58-65(69)74-63(56-53-50-47-44-41-27-24-21-18-15-12-9-3)62(61-73-75(70,71)72-60-59-67(4,5)6)66-64(68)57-54-51-48-45-42-39-29-26-23-20-17-14-11-8-2/h39,42,53,56,62-63H,7-38,40-41,43-52,54-55,57-61H2,1-6H3,(H-,66,68,70,71)/b42-39-,56-53-. The van der Waals surface area contributed by atoms with Gasteiger partial charge in [0.25, 0.3) is 7.82 Å². The van der Waals surface area contributed by atoms with E-state index in [9.17, 15) is 19.0 Å². The van der Waals surface area contributed by atoms with E-state index in [0.717, 1.165) is 70.6 Å². The summed E-state index contributed by atoms with van der Waals surface area (Å²) >= 11 is 0. The molecule has 0 aliphatic rings. The van der Waals surface area contributed by atoms with Gasteiger partial charge in [-0.1, -0.05) is 283 Å². The molecule has 0 aliphatic carbocycles. The molecule has 444 valence electrons. The van der Waals surface area contributed by atoms with Gasteiger partial charge in [-0.15, -0.1) is 0 Å². The Balaban J connectivity index is 5.10. The second kappa shape index (κ2) is 55.8. The lowest BCUT2D eigenvalue weighted by Crippen LogP contribution is -2.47. The number of likely N-dealkylation sites (N-methyl/N-ethyl adjacent to an activating group) is 1. The number of rotatable bonds is 60. The third-order valence-electron chi connectivity index (χ3n) is 14.9. The van der Waals surface area contributed by atoms with E-state index in [1.165, 1.54) is 225 Å². The number of unbranched alkanes of at least 4 members (excludes halogenated alkanes) is 42. The van der Waals surface area contributed by atoms with E-state index in [2.05, 4.69) is 38.2 Å². The van der Waals surface area contributed by atoms with Gasteiger partial charge in [0.05, 0.1) is 33.8 Å². The Hall–Kier alpha value is -1.51. The number of nitrogens with zero attached hydrogens (tertiary/aromatic N) is 1. The van der Waals surface area contributed by atoms with Crippen molar-refractivity contribution in [2.45, 2.75) is 341 Å². The van der Waals surface area contributed by atoms with E-state index in [1.807, 2.05) is 33.3 Å². The molecule has 0 aromatic rings. The molecule has 0 aromatic heterocycles. The Kier molecular flexibility index (Phi) is 54.7. The van der Waals surface area contributed by atoms with Gasteiger partial charge in [0, 0.05) is 12.8 Å². The minimum atomic E-state index is -4.70. The van der Waals surface area contributed by atoms with Crippen LogP contribution in [0.3, 0.4) is 0 Å². The van der Waals surface area contributed by atoms with Crippen molar-refractivity contribution in [1.82, 2.24) is 5.32 Å². The lowest BCUT2D eigenvalue weighted by Gasteiger charge is -2.30. The highest BCUT2D eigenvalue weighted by atomic mass is 31.2. The molecular weight excluding hydrogens is 952 g/mol. The lowest BCUT2D eigenvalue weighted by molar-refractivity contribution is -0.870. The minimum absolute atomic E-state index is 0.0215. The number of esters is 1. The van der Waals surface area contributed by atoms with Crippen LogP contribution < -0.4 is 10.2 Å². The number of nitrogens with one attached hydrogen (secondary N) is 1. The molecule has 75 heavy (non-hydrogen) atoms. The van der Waals surface area contributed by atoms with Crippen molar-refractivity contribution in [3.05, 3.63) is 24.3 Å². The maximum Gasteiger partial charge on any atom is 0.306 e. The van der Waals surface area contributed by atoms with E-state index >= 15 is 0 Å². The molecule has 1 N–H and O–H groups in total. The van der Waals surface area contributed by atoms with Crippen LogP contribution in [0.2, 0.25) is 0 Å². The van der Waals surface area contributed by atoms with Crippen LogP contribution in [0, 0.1) is 0 Å². The Morgan fingerprint density at radius 2 is 0.773 bits per heavy atom. The molecule has 0 bridgehead atoms. The smallest absolute Gasteiger partial charge is 0.306 e. The van der Waals surface area contributed by atoms with Crippen LogP contribution >= 0.6 is 7.82 Å². The summed E-state index contributed by atoms with van der Waals surface area (Å²) in [6.45, 7) is 6.87. The monoisotopic (exact) mass is 1080 g/mol. The largest absolute Gasteiger partial charge is 0.756 e. The molecule has 10 heteroatoms. The third kappa shape index (κ3) is 57.0. The van der Waals surface area contributed by atoms with Gasteiger partial charge >= 0.3 is 5.97 Å². The van der Waals surface area contributed by atoms with Crippen molar-refractivity contribution in [2.75, 3.05) is 40.9 Å². The molecule has 0 radical (unpaired) electrons. The summed E-state index contributed by atoms with van der Waals surface area (Å²) in [5.41, 5.74) is 0. The highest BCUT2D eigenvalue weighted by molar-refractivity contribution is 7.45. The highest BCUT2D eigenvalue weighted by Gasteiger charge is 2.27. The Morgan fingerprint density at radius 3 is 1.15 bits per heavy atom. The maximum atomic E-state index is 13.5. The van der Waals surface area contributed by atoms with Crippen LogP contribution in [-0.4, -0.2) is 69.4 Å². The SMILES string of the molecule is CCCCCCCCC/C=C\CCCCCC(=O)NC(COP(=O)([O-])OCC[N+](C)(C)C)C(/C=C\CCCCCCCCCCCC)OC(=O)CCCCCCCCCCCCCCCCCCCCCCCCC. The molecular formula is C65H127N2O7P. The maximum absolute atomic E-state index is 13.5. The van der Waals surface area contributed by atoms with Crippen molar-refractivity contribution < 1.29 is 37.3 Å². The predicted octanol–water partition coefficient (Wildman–Crippen LogP) is 19.5. The fourth-order valence-electron chi connectivity index (χ4n) is 9.81. The molecule has 0 spiro atoms. The predicted molar refractivity (Wildman–Crippen MR) is 321 cm³/mol. The molecule has 0 fully saturated rings. The summed E-state index contributed by atoms with van der Waals surface area (Å²) in [7, 11) is 1.19. The summed E-state index contributed by atoms with van der Waals surface area (Å²) in [4.78, 5) is 40.0. The number of hydrogen-bond acceptors (Lipinski definition) is 7. The van der Waals surface area contributed by atoms with Crippen molar-refractivity contribution >= 4 is 19.7 Å². The number of quaternary nitrogens is 1. The summed E-state index contributed by atoms with van der Waals surface area (Å²) < 4.78 is 30.3. The van der Waals surface area contributed by atoms with Gasteiger partial charge in [-0.3, -0.25) is 14.2 Å². The molecule has 0 rings (SSSR count). The molecule has 0 saturated carbocycles. The lowest BCUT2D eigenvalue weighted by atomic mass is 10.0. The second-order valence-electron chi connectivity index (χ2n) is 23.6. The van der Waals surface area contributed by atoms with Crippen molar-refractivity contribution in [2.24, 2.45) is 0 Å². The first kappa shape index (κ1) is 73.5. The average molecular weight is 1080 g/mol. The van der Waals surface area contributed by atoms with Crippen LogP contribution in [0.15, 0.2) is 24.3 Å². The molecule has 1 amide bonds. The molecule has 0 heterocycles. The number of amides is 1. The number of ether oxygens (including phenoxy) is 1. The van der Waals surface area contributed by atoms with Crippen LogP contribution in [0.4, 0.5) is 0 Å². The van der Waals surface area contributed by atoms with Crippen molar-refractivity contribution in [3.8, 4) is 0 Å². The fourth-order valence-corrected chi connectivity index (χ4v) is 10.5. The molecule has 3 unspecified atom stereocenters. The van der Waals surface area contributed by atoms with Crippen LogP contribution in [0.5, 0.6) is 0 Å². The minimum Gasteiger partial charge on any atom is -0.756 e. The Morgan fingerprint density at radius 1 is 0.453 bits per heavy atom. The summed E-state index contributed by atoms with van der Waals surface area (Å²) in [6.07, 6.45) is 65.8. The quantitative estimate of drug-likeness (QED) is 0.0212. The first-order valence-corrected chi connectivity index (χ1v) is 34.1. The zero-order chi connectivity index (χ0) is 55.0. The van der Waals surface area contributed by atoms with Gasteiger partial charge in [0.15, 0.2) is 0 Å². The van der Waals surface area contributed by atoms with Gasteiger partial charge in [0.1, 0.15) is 19.3 Å². The van der Waals surface area contributed by atoms with Gasteiger partial charge in [-0.2, -0.15) is 0 Å². The van der Waals surface area contributed by atoms with Gasteiger partial charge in [-0.25, -0.2) is 0 Å². The number of carbonyl (C=O) groups excluding carboxylic acids is 2. The highest BCUT2D eigenvalue weighted by Crippen LogP contribution is 2.38. The molecule has 3 atom stereocenters. The molecule has 0 aromatic carbocycles. The number of phosphoric ester groups is 1. The van der Waals surface area contributed by atoms with Crippen LogP contribution in [0.25, 0.3) is 0 Å². The van der Waals surface area contributed by atoms with Crippen LogP contribution in [-0.2, 0) is 27.9 Å². The first-order chi connectivity index (χ1) is 36.4. The van der Waals surface area contributed by atoms with E-state index in [4.69, 9.17) is 13.8 Å². The Bertz CT molecular complexity index is 1340. The molecule has 0 aliphatic heterocycles. The fraction of sp³-hybridized carbons (Fsp3) is 0.908. The van der Waals surface area contributed by atoms with Gasteiger partial charge in [0.2, 0.25) is 5.91 Å². The third-order valence-corrected chi connectivity index (χ3v) is 15.8. The van der Waals surface area contributed by atoms with E-state index < -0.39 is 20.0 Å². The number of phosphoric acid groups is 1. The average Bonchev–Trinajstić information content (AvgIpc) is 3.37. The second-order valence-corrected chi connectivity index (χ2v) is 25.0. The molecule has 0 saturated heterocycles. The summed E-state index contributed by atoms with van der Waals surface area (Å²) in [6, 6.07) is -0.890.